The van der Waals surface area contributed by atoms with Crippen LogP contribution in [0.25, 0.3) is 0 Å². The second-order valence-corrected chi connectivity index (χ2v) is 7.94. The van der Waals surface area contributed by atoms with Gasteiger partial charge in [0.15, 0.2) is 11.5 Å². The van der Waals surface area contributed by atoms with E-state index in [4.69, 9.17) is 9.47 Å². The van der Waals surface area contributed by atoms with Crippen molar-refractivity contribution in [3.63, 3.8) is 0 Å². The summed E-state index contributed by atoms with van der Waals surface area (Å²) in [6, 6.07) is 5.89. The Morgan fingerprint density at radius 2 is 1.68 bits per heavy atom. The van der Waals surface area contributed by atoms with Crippen molar-refractivity contribution in [2.75, 3.05) is 38.2 Å². The number of nitrogens with one attached hydrogen (secondary N) is 2. The number of amides is 2. The molecule has 2 amide bonds. The Balaban J connectivity index is 1.20. The van der Waals surface area contributed by atoms with E-state index in [1.54, 1.807) is 18.2 Å². The lowest BCUT2D eigenvalue weighted by molar-refractivity contribution is -0.136. The van der Waals surface area contributed by atoms with E-state index in [1.165, 1.54) is 25.7 Å². The first-order valence-electron chi connectivity index (χ1n) is 10.4. The van der Waals surface area contributed by atoms with Gasteiger partial charge in [-0.1, -0.05) is 12.8 Å². The number of ether oxygens (including phenoxy) is 2. The molecule has 7 heteroatoms. The van der Waals surface area contributed by atoms with Crippen molar-refractivity contribution >= 4 is 17.5 Å². The average molecular weight is 387 g/mol. The molecule has 2 aliphatic heterocycles. The molecule has 1 saturated heterocycles. The zero-order valence-electron chi connectivity index (χ0n) is 16.2. The number of nitrogens with zero attached hydrogens (tertiary/aromatic N) is 1. The molecule has 2 N–H and O–H groups in total. The van der Waals surface area contributed by atoms with Gasteiger partial charge in [0.25, 0.3) is 0 Å². The van der Waals surface area contributed by atoms with Gasteiger partial charge in [-0.05, 0) is 56.8 Å². The van der Waals surface area contributed by atoms with Gasteiger partial charge in [0.1, 0.15) is 13.2 Å². The summed E-state index contributed by atoms with van der Waals surface area (Å²) in [6.45, 7) is 3.76. The van der Waals surface area contributed by atoms with E-state index in [9.17, 15) is 9.59 Å². The Morgan fingerprint density at radius 1 is 0.964 bits per heavy atom. The first-order valence-corrected chi connectivity index (χ1v) is 10.4. The number of likely N-dealkylation sites (tertiary alicyclic amines) is 1. The summed E-state index contributed by atoms with van der Waals surface area (Å²) >= 11 is 0. The van der Waals surface area contributed by atoms with Crippen LogP contribution < -0.4 is 20.1 Å². The molecule has 28 heavy (non-hydrogen) atoms. The van der Waals surface area contributed by atoms with Crippen LogP contribution in [0.1, 0.15) is 38.5 Å². The third-order valence-corrected chi connectivity index (χ3v) is 6.05. The highest BCUT2D eigenvalue weighted by molar-refractivity contribution is 6.39. The molecule has 152 valence electrons. The fourth-order valence-corrected chi connectivity index (χ4v) is 4.42. The molecule has 2 heterocycles. The van der Waals surface area contributed by atoms with Crippen LogP contribution in [-0.4, -0.2) is 55.6 Å². The standard InChI is InChI=1S/C21H29N3O4/c25-20(21(26)23-16-5-6-18-19(13-16)28-12-11-27-18)22-14-15-7-9-24(10-8-15)17-3-1-2-4-17/h5-6,13,15,17H,1-4,7-12,14H2,(H,22,25)(H,23,26). The van der Waals surface area contributed by atoms with Gasteiger partial charge in [-0.2, -0.15) is 0 Å². The van der Waals surface area contributed by atoms with E-state index in [-0.39, 0.29) is 0 Å². The predicted octanol–water partition coefficient (Wildman–Crippen LogP) is 2.17. The van der Waals surface area contributed by atoms with Crippen LogP contribution in [0.4, 0.5) is 5.69 Å². The Labute approximate surface area is 165 Å². The molecule has 4 rings (SSSR count). The second-order valence-electron chi connectivity index (χ2n) is 7.94. The molecule has 1 aromatic rings. The Kier molecular flexibility index (Phi) is 6.00. The maximum absolute atomic E-state index is 12.2. The van der Waals surface area contributed by atoms with Crippen LogP contribution in [-0.2, 0) is 9.59 Å². The molecule has 0 radical (unpaired) electrons. The van der Waals surface area contributed by atoms with Gasteiger partial charge in [0, 0.05) is 24.3 Å². The molecular weight excluding hydrogens is 358 g/mol. The zero-order valence-corrected chi connectivity index (χ0v) is 16.2. The molecule has 3 aliphatic rings. The van der Waals surface area contributed by atoms with Crippen molar-refractivity contribution in [3.05, 3.63) is 18.2 Å². The molecule has 0 aromatic heterocycles. The molecule has 1 aliphatic carbocycles. The zero-order chi connectivity index (χ0) is 19.3. The van der Waals surface area contributed by atoms with Gasteiger partial charge in [0.05, 0.1) is 0 Å². The fraction of sp³-hybridized carbons (Fsp3) is 0.619. The van der Waals surface area contributed by atoms with E-state index in [1.807, 2.05) is 0 Å². The van der Waals surface area contributed by atoms with E-state index < -0.39 is 11.8 Å². The number of hydrogen-bond donors (Lipinski definition) is 2. The number of carbonyl (C=O) groups is 2. The largest absolute Gasteiger partial charge is 0.486 e. The summed E-state index contributed by atoms with van der Waals surface area (Å²) < 4.78 is 11.0. The number of piperidine rings is 1. The van der Waals surface area contributed by atoms with Crippen molar-refractivity contribution in [1.29, 1.82) is 0 Å². The number of fused-ring (bicyclic) bond motifs is 1. The highest BCUT2D eigenvalue weighted by atomic mass is 16.6. The molecule has 0 spiro atoms. The molecule has 0 unspecified atom stereocenters. The van der Waals surface area contributed by atoms with Crippen LogP contribution in [0.3, 0.4) is 0 Å². The summed E-state index contributed by atoms with van der Waals surface area (Å²) in [5.74, 6) is 0.438. The molecule has 7 nitrogen and oxygen atoms in total. The SMILES string of the molecule is O=C(NCC1CCN(C2CCCC2)CC1)C(=O)Nc1ccc2c(c1)OCCO2. The third kappa shape index (κ3) is 4.58. The Hall–Kier alpha value is -2.28. The van der Waals surface area contributed by atoms with Crippen molar-refractivity contribution in [1.82, 2.24) is 10.2 Å². The van der Waals surface area contributed by atoms with Gasteiger partial charge in [-0.25, -0.2) is 0 Å². The van der Waals surface area contributed by atoms with Crippen molar-refractivity contribution in [2.45, 2.75) is 44.6 Å². The first kappa shape index (κ1) is 19.1. The minimum atomic E-state index is -0.653. The van der Waals surface area contributed by atoms with Crippen molar-refractivity contribution < 1.29 is 19.1 Å². The lowest BCUT2D eigenvalue weighted by Crippen LogP contribution is -2.44. The fourth-order valence-electron chi connectivity index (χ4n) is 4.42. The lowest BCUT2D eigenvalue weighted by atomic mass is 9.95. The smallest absolute Gasteiger partial charge is 0.313 e. The van der Waals surface area contributed by atoms with Crippen LogP contribution in [0.2, 0.25) is 0 Å². The van der Waals surface area contributed by atoms with Crippen LogP contribution >= 0.6 is 0 Å². The van der Waals surface area contributed by atoms with Gasteiger partial charge in [-0.15, -0.1) is 0 Å². The van der Waals surface area contributed by atoms with Gasteiger partial charge >= 0.3 is 11.8 Å². The molecule has 0 bridgehead atoms. The van der Waals surface area contributed by atoms with Gasteiger partial charge in [-0.3, -0.25) is 9.59 Å². The molecular formula is C21H29N3O4. The monoisotopic (exact) mass is 387 g/mol. The summed E-state index contributed by atoms with van der Waals surface area (Å²) in [6.07, 6.45) is 7.56. The van der Waals surface area contributed by atoms with E-state index >= 15 is 0 Å². The number of rotatable bonds is 4. The first-order chi connectivity index (χ1) is 13.7. The summed E-state index contributed by atoms with van der Waals surface area (Å²) in [5, 5.41) is 5.42. The van der Waals surface area contributed by atoms with Crippen molar-refractivity contribution in [3.8, 4) is 11.5 Å². The van der Waals surface area contributed by atoms with Crippen LogP contribution in [0.5, 0.6) is 11.5 Å². The maximum Gasteiger partial charge on any atom is 0.313 e. The molecule has 2 fully saturated rings. The Morgan fingerprint density at radius 3 is 2.43 bits per heavy atom. The minimum Gasteiger partial charge on any atom is -0.486 e. The highest BCUT2D eigenvalue weighted by Gasteiger charge is 2.27. The normalized spacial score (nSPS) is 20.7. The maximum atomic E-state index is 12.2. The van der Waals surface area contributed by atoms with Crippen molar-refractivity contribution in [2.24, 2.45) is 5.92 Å². The van der Waals surface area contributed by atoms with Crippen LogP contribution in [0, 0.1) is 5.92 Å². The molecule has 1 saturated carbocycles. The highest BCUT2D eigenvalue weighted by Crippen LogP contribution is 2.32. The second kappa shape index (κ2) is 8.82. The predicted molar refractivity (Wildman–Crippen MR) is 106 cm³/mol. The molecule has 0 atom stereocenters. The van der Waals surface area contributed by atoms with E-state index in [0.29, 0.717) is 42.9 Å². The minimum absolute atomic E-state index is 0.448. The number of anilines is 1. The number of hydrogen-bond acceptors (Lipinski definition) is 5. The Bertz CT molecular complexity index is 710. The van der Waals surface area contributed by atoms with E-state index in [2.05, 4.69) is 15.5 Å². The summed E-state index contributed by atoms with van der Waals surface area (Å²) in [4.78, 5) is 26.9. The third-order valence-electron chi connectivity index (χ3n) is 6.05. The summed E-state index contributed by atoms with van der Waals surface area (Å²) in [5.41, 5.74) is 0.522. The summed E-state index contributed by atoms with van der Waals surface area (Å²) in [7, 11) is 0. The topological polar surface area (TPSA) is 79.9 Å². The van der Waals surface area contributed by atoms with Crippen LogP contribution in [0.15, 0.2) is 18.2 Å². The lowest BCUT2D eigenvalue weighted by Gasteiger charge is -2.36. The van der Waals surface area contributed by atoms with Gasteiger partial charge in [0.2, 0.25) is 0 Å². The number of benzene rings is 1. The van der Waals surface area contributed by atoms with E-state index in [0.717, 1.165) is 32.0 Å². The average Bonchev–Trinajstić information content (AvgIpc) is 3.27. The van der Waals surface area contributed by atoms with Gasteiger partial charge < -0.3 is 25.0 Å². The number of carbonyl (C=O) groups excluding carboxylic acids is 2. The quantitative estimate of drug-likeness (QED) is 0.774. The molecule has 1 aromatic carbocycles.